The van der Waals surface area contributed by atoms with Crippen LogP contribution in [0.4, 0.5) is 0 Å². The van der Waals surface area contributed by atoms with Crippen LogP contribution >= 0.6 is 0 Å². The highest BCUT2D eigenvalue weighted by Crippen LogP contribution is 2.29. The monoisotopic (exact) mass is 320 g/mol. The third-order valence-corrected chi connectivity index (χ3v) is 5.32. The van der Waals surface area contributed by atoms with E-state index in [4.69, 9.17) is 0 Å². The van der Waals surface area contributed by atoms with Gasteiger partial charge in [-0.2, -0.15) is 0 Å². The lowest BCUT2D eigenvalue weighted by molar-refractivity contribution is 0.606. The van der Waals surface area contributed by atoms with Gasteiger partial charge in [0.25, 0.3) is 0 Å². The van der Waals surface area contributed by atoms with Gasteiger partial charge in [0.15, 0.2) is 0 Å². The summed E-state index contributed by atoms with van der Waals surface area (Å²) in [7, 11) is -3.59. The lowest BCUT2D eigenvalue weighted by atomic mass is 10.1. The lowest BCUT2D eigenvalue weighted by Gasteiger charge is -2.10. The molecule has 0 aliphatic carbocycles. The Balaban J connectivity index is 2.19. The molecule has 23 heavy (non-hydrogen) atoms. The van der Waals surface area contributed by atoms with Crippen molar-refractivity contribution in [3.05, 3.63) is 102 Å². The van der Waals surface area contributed by atoms with E-state index in [0.717, 1.165) is 5.56 Å². The summed E-state index contributed by atoms with van der Waals surface area (Å²) < 4.78 is 26.1. The third kappa shape index (κ3) is 3.41. The molecule has 0 saturated heterocycles. The molecule has 3 rings (SSSR count). The van der Waals surface area contributed by atoms with E-state index in [1.807, 2.05) is 66.7 Å². The summed E-state index contributed by atoms with van der Waals surface area (Å²) in [6, 6.07) is 27.2. The minimum Gasteiger partial charge on any atom is -0.218 e. The summed E-state index contributed by atoms with van der Waals surface area (Å²) in [5.41, 5.74) is 1.53. The molecule has 0 aromatic heterocycles. The highest BCUT2D eigenvalue weighted by Gasteiger charge is 2.21. The van der Waals surface area contributed by atoms with Gasteiger partial charge in [0.05, 0.1) is 9.80 Å². The van der Waals surface area contributed by atoms with Gasteiger partial charge in [0.2, 0.25) is 9.84 Å². The van der Waals surface area contributed by atoms with Gasteiger partial charge in [0.1, 0.15) is 0 Å². The largest absolute Gasteiger partial charge is 0.218 e. The first kappa shape index (κ1) is 15.3. The van der Waals surface area contributed by atoms with E-state index in [1.165, 1.54) is 0 Å². The van der Waals surface area contributed by atoms with Gasteiger partial charge in [-0.05, 0) is 29.3 Å². The second-order valence-electron chi connectivity index (χ2n) is 5.10. The van der Waals surface area contributed by atoms with Crippen LogP contribution in [-0.2, 0) is 9.84 Å². The summed E-state index contributed by atoms with van der Waals surface area (Å²) in [4.78, 5) is 0.599. The molecule has 3 aromatic rings. The highest BCUT2D eigenvalue weighted by atomic mass is 32.2. The van der Waals surface area contributed by atoms with Crippen LogP contribution in [-0.4, -0.2) is 8.42 Å². The standard InChI is InChI=1S/C20H16O2S/c21-23(22,19-14-8-3-9-15-19)20(18-12-6-2-7-13-18)16-17-10-4-1-5-11-17/h1-16H. The van der Waals surface area contributed by atoms with Crippen molar-refractivity contribution in [3.63, 3.8) is 0 Å². The maximum atomic E-state index is 13.1. The third-order valence-electron chi connectivity index (χ3n) is 3.50. The molecule has 0 spiro atoms. The van der Waals surface area contributed by atoms with Crippen molar-refractivity contribution >= 4 is 20.8 Å². The maximum Gasteiger partial charge on any atom is 0.207 e. The predicted molar refractivity (Wildman–Crippen MR) is 94.4 cm³/mol. The van der Waals surface area contributed by atoms with Crippen LogP contribution in [0, 0.1) is 0 Å². The Hall–Kier alpha value is -2.65. The zero-order valence-corrected chi connectivity index (χ0v) is 13.3. The molecule has 0 saturated carbocycles. The molecule has 2 nitrogen and oxygen atoms in total. The molecule has 114 valence electrons. The SMILES string of the molecule is O=S(=O)(C(=Cc1ccccc1)c1ccccc1)c1ccccc1. The Morgan fingerprint density at radius 1 is 0.652 bits per heavy atom. The molecule has 0 heterocycles. The molecule has 0 amide bonds. The number of hydrogen-bond acceptors (Lipinski definition) is 2. The molecule has 0 bridgehead atoms. The Kier molecular flexibility index (Phi) is 4.40. The van der Waals surface area contributed by atoms with E-state index in [1.54, 1.807) is 30.3 Å². The van der Waals surface area contributed by atoms with Crippen LogP contribution in [0.3, 0.4) is 0 Å². The van der Waals surface area contributed by atoms with Crippen LogP contribution in [0.25, 0.3) is 11.0 Å². The molecule has 0 aliphatic heterocycles. The van der Waals surface area contributed by atoms with Crippen LogP contribution in [0.5, 0.6) is 0 Å². The fraction of sp³-hybridized carbons (Fsp3) is 0. The topological polar surface area (TPSA) is 34.1 Å². The minimum atomic E-state index is -3.59. The van der Waals surface area contributed by atoms with E-state index in [2.05, 4.69) is 0 Å². The van der Waals surface area contributed by atoms with E-state index in [9.17, 15) is 8.42 Å². The lowest BCUT2D eigenvalue weighted by Crippen LogP contribution is -2.04. The highest BCUT2D eigenvalue weighted by molar-refractivity contribution is 8.00. The van der Waals surface area contributed by atoms with Gasteiger partial charge >= 0.3 is 0 Å². The summed E-state index contributed by atoms with van der Waals surface area (Å²) >= 11 is 0. The van der Waals surface area contributed by atoms with Gasteiger partial charge in [-0.15, -0.1) is 0 Å². The summed E-state index contributed by atoms with van der Waals surface area (Å²) in [6.45, 7) is 0. The molecular weight excluding hydrogens is 304 g/mol. The number of benzene rings is 3. The number of hydrogen-bond donors (Lipinski definition) is 0. The van der Waals surface area contributed by atoms with Crippen molar-refractivity contribution < 1.29 is 8.42 Å². The Bertz CT molecular complexity index is 898. The molecule has 0 aliphatic rings. The average Bonchev–Trinajstić information content (AvgIpc) is 2.62. The normalized spacial score (nSPS) is 12.1. The van der Waals surface area contributed by atoms with Gasteiger partial charge < -0.3 is 0 Å². The van der Waals surface area contributed by atoms with Gasteiger partial charge in [-0.3, -0.25) is 0 Å². The fourth-order valence-electron chi connectivity index (χ4n) is 2.35. The summed E-state index contributed by atoms with van der Waals surface area (Å²) in [5.74, 6) is 0. The molecule has 0 fully saturated rings. The molecule has 0 radical (unpaired) electrons. The van der Waals surface area contributed by atoms with Gasteiger partial charge in [-0.25, -0.2) is 8.42 Å². The van der Waals surface area contributed by atoms with Crippen molar-refractivity contribution in [2.45, 2.75) is 4.90 Å². The van der Waals surface area contributed by atoms with Crippen LogP contribution < -0.4 is 0 Å². The molecule has 0 atom stereocenters. The smallest absolute Gasteiger partial charge is 0.207 e. The van der Waals surface area contributed by atoms with Crippen molar-refractivity contribution in [2.24, 2.45) is 0 Å². The van der Waals surface area contributed by atoms with E-state index >= 15 is 0 Å². The van der Waals surface area contributed by atoms with Gasteiger partial charge in [-0.1, -0.05) is 78.9 Å². The van der Waals surface area contributed by atoms with Crippen molar-refractivity contribution in [1.29, 1.82) is 0 Å². The molecule has 3 heteroatoms. The first-order valence-corrected chi connectivity index (χ1v) is 8.78. The summed E-state index contributed by atoms with van der Waals surface area (Å²) in [5, 5.41) is 0. The average molecular weight is 320 g/mol. The Morgan fingerprint density at radius 3 is 1.70 bits per heavy atom. The predicted octanol–water partition coefficient (Wildman–Crippen LogP) is 4.66. The molecule has 0 unspecified atom stereocenters. The Labute approximate surface area is 136 Å². The zero-order chi connectivity index (χ0) is 16.1. The molecule has 3 aromatic carbocycles. The maximum absolute atomic E-state index is 13.1. The number of rotatable bonds is 4. The van der Waals surface area contributed by atoms with Gasteiger partial charge in [0, 0.05) is 0 Å². The van der Waals surface area contributed by atoms with E-state index in [0.29, 0.717) is 15.4 Å². The van der Waals surface area contributed by atoms with Crippen LogP contribution in [0.2, 0.25) is 0 Å². The molecule has 0 N–H and O–H groups in total. The zero-order valence-electron chi connectivity index (χ0n) is 12.5. The fourth-order valence-corrected chi connectivity index (χ4v) is 3.85. The van der Waals surface area contributed by atoms with E-state index in [-0.39, 0.29) is 0 Å². The van der Waals surface area contributed by atoms with Crippen molar-refractivity contribution in [1.82, 2.24) is 0 Å². The summed E-state index contributed by atoms with van der Waals surface area (Å²) in [6.07, 6.45) is 1.72. The minimum absolute atomic E-state index is 0.297. The molecular formula is C20H16O2S. The van der Waals surface area contributed by atoms with Crippen LogP contribution in [0.15, 0.2) is 95.9 Å². The van der Waals surface area contributed by atoms with Crippen molar-refractivity contribution in [2.75, 3.05) is 0 Å². The number of sulfone groups is 1. The Morgan fingerprint density at radius 2 is 1.13 bits per heavy atom. The van der Waals surface area contributed by atoms with Crippen molar-refractivity contribution in [3.8, 4) is 0 Å². The first-order chi connectivity index (χ1) is 11.2. The van der Waals surface area contributed by atoms with Crippen LogP contribution in [0.1, 0.15) is 11.1 Å². The second-order valence-corrected chi connectivity index (χ2v) is 7.02. The quantitative estimate of drug-likeness (QED) is 0.655. The second kappa shape index (κ2) is 6.63. The van der Waals surface area contributed by atoms with E-state index < -0.39 is 9.84 Å². The first-order valence-electron chi connectivity index (χ1n) is 7.30.